The zero-order valence-corrected chi connectivity index (χ0v) is 13.3. The molecular weight excluding hydrogens is 329 g/mol. The van der Waals surface area contributed by atoms with E-state index in [0.29, 0.717) is 5.56 Å². The van der Waals surface area contributed by atoms with Gasteiger partial charge in [-0.25, -0.2) is 4.79 Å². The topological polar surface area (TPSA) is 78.9 Å². The summed E-state index contributed by atoms with van der Waals surface area (Å²) in [5.41, 5.74) is 0.675. The molecule has 1 aromatic rings. The first-order valence-electron chi connectivity index (χ1n) is 7.11. The van der Waals surface area contributed by atoms with Crippen molar-refractivity contribution in [2.75, 3.05) is 20.2 Å². The maximum Gasteiger partial charge on any atom is 0.422 e. The van der Waals surface area contributed by atoms with E-state index in [1.165, 1.54) is 24.1 Å². The zero-order valence-electron chi connectivity index (χ0n) is 13.3. The number of carboxylic acids is 1. The molecule has 9 heteroatoms. The number of hydrogen-bond acceptors (Lipinski definition) is 3. The average molecular weight is 348 g/mol. The molecule has 6 nitrogen and oxygen atoms in total. The first-order valence-corrected chi connectivity index (χ1v) is 7.11. The van der Waals surface area contributed by atoms with Crippen molar-refractivity contribution in [3.05, 3.63) is 29.8 Å². The molecule has 0 saturated carbocycles. The van der Waals surface area contributed by atoms with Crippen molar-refractivity contribution < 1.29 is 32.6 Å². The predicted octanol–water partition coefficient (Wildman–Crippen LogP) is 2.80. The predicted molar refractivity (Wildman–Crippen MR) is 79.8 cm³/mol. The van der Waals surface area contributed by atoms with Gasteiger partial charge in [0.2, 0.25) is 0 Å². The molecule has 0 heterocycles. The summed E-state index contributed by atoms with van der Waals surface area (Å²) < 4.78 is 40.8. The molecule has 0 aliphatic carbocycles. The number of benzene rings is 1. The van der Waals surface area contributed by atoms with Crippen LogP contribution in [0.5, 0.6) is 5.75 Å². The van der Waals surface area contributed by atoms with Gasteiger partial charge in [0.05, 0.1) is 12.5 Å². The van der Waals surface area contributed by atoms with Crippen LogP contribution in [-0.2, 0) is 4.79 Å². The number of amides is 2. The van der Waals surface area contributed by atoms with Gasteiger partial charge < -0.3 is 20.1 Å². The van der Waals surface area contributed by atoms with Gasteiger partial charge in [-0.2, -0.15) is 13.2 Å². The molecule has 2 N–H and O–H groups in total. The van der Waals surface area contributed by atoms with E-state index in [1.54, 1.807) is 19.1 Å². The highest BCUT2D eigenvalue weighted by atomic mass is 19.4. The summed E-state index contributed by atoms with van der Waals surface area (Å²) in [4.78, 5) is 23.6. The molecule has 24 heavy (non-hydrogen) atoms. The molecule has 0 aliphatic heterocycles. The van der Waals surface area contributed by atoms with Gasteiger partial charge in [-0.3, -0.25) is 4.79 Å². The summed E-state index contributed by atoms with van der Waals surface area (Å²) in [5, 5.41) is 11.3. The quantitative estimate of drug-likeness (QED) is 0.794. The minimum atomic E-state index is -4.40. The molecule has 0 fully saturated rings. The molecule has 1 rings (SSSR count). The highest BCUT2D eigenvalue weighted by molar-refractivity contribution is 5.75. The Morgan fingerprint density at radius 1 is 1.29 bits per heavy atom. The number of carbonyl (C=O) groups excluding carboxylic acids is 1. The lowest BCUT2D eigenvalue weighted by Crippen LogP contribution is -2.39. The molecule has 1 unspecified atom stereocenters. The number of nitrogens with zero attached hydrogens (tertiary/aromatic N) is 1. The maximum absolute atomic E-state index is 12.1. The summed E-state index contributed by atoms with van der Waals surface area (Å²) in [6.07, 6.45) is -4.57. The Kier molecular flexibility index (Phi) is 6.87. The van der Waals surface area contributed by atoms with E-state index in [9.17, 15) is 22.8 Å². The minimum absolute atomic E-state index is 0.0676. The lowest BCUT2D eigenvalue weighted by molar-refractivity contribution is -0.153. The van der Waals surface area contributed by atoms with E-state index in [4.69, 9.17) is 5.11 Å². The Balaban J connectivity index is 2.54. The second kappa shape index (κ2) is 8.42. The molecule has 0 bridgehead atoms. The van der Waals surface area contributed by atoms with Crippen LogP contribution in [-0.4, -0.2) is 48.4 Å². The van der Waals surface area contributed by atoms with Gasteiger partial charge in [0, 0.05) is 13.6 Å². The van der Waals surface area contributed by atoms with Crippen LogP contribution in [0.3, 0.4) is 0 Å². The number of hydrogen-bond donors (Lipinski definition) is 2. The summed E-state index contributed by atoms with van der Waals surface area (Å²) >= 11 is 0. The second-order valence-electron chi connectivity index (χ2n) is 5.21. The third-order valence-corrected chi connectivity index (χ3v) is 3.13. The largest absolute Gasteiger partial charge is 0.484 e. The molecule has 0 spiro atoms. The molecule has 134 valence electrons. The van der Waals surface area contributed by atoms with Crippen molar-refractivity contribution in [2.24, 2.45) is 0 Å². The fourth-order valence-electron chi connectivity index (χ4n) is 1.76. The van der Waals surface area contributed by atoms with Gasteiger partial charge in [0.25, 0.3) is 0 Å². The molecule has 0 aromatic heterocycles. The van der Waals surface area contributed by atoms with Gasteiger partial charge in [0.15, 0.2) is 6.61 Å². The van der Waals surface area contributed by atoms with Gasteiger partial charge in [-0.1, -0.05) is 12.1 Å². The van der Waals surface area contributed by atoms with Crippen LogP contribution in [0.25, 0.3) is 0 Å². The van der Waals surface area contributed by atoms with Gasteiger partial charge in [-0.05, 0) is 24.6 Å². The lowest BCUT2D eigenvalue weighted by atomic mass is 10.1. The number of urea groups is 1. The second-order valence-corrected chi connectivity index (χ2v) is 5.21. The number of carbonyl (C=O) groups is 2. The molecule has 0 radical (unpaired) electrons. The SMILES string of the molecule is CC(NC(=O)N(C)CCC(=O)O)c1ccc(OCC(F)(F)F)cc1. The normalized spacial score (nSPS) is 12.4. The molecule has 1 atom stereocenters. The molecule has 0 saturated heterocycles. The van der Waals surface area contributed by atoms with Crippen molar-refractivity contribution in [1.29, 1.82) is 0 Å². The van der Waals surface area contributed by atoms with E-state index in [0.717, 1.165) is 0 Å². The van der Waals surface area contributed by atoms with Crippen molar-refractivity contribution in [3.8, 4) is 5.75 Å². The highest BCUT2D eigenvalue weighted by Crippen LogP contribution is 2.21. The minimum Gasteiger partial charge on any atom is -0.484 e. The number of aliphatic carboxylic acids is 1. The van der Waals surface area contributed by atoms with E-state index in [-0.39, 0.29) is 18.7 Å². The van der Waals surface area contributed by atoms with Crippen LogP contribution in [0.15, 0.2) is 24.3 Å². The number of alkyl halides is 3. The molecule has 1 aromatic carbocycles. The van der Waals surface area contributed by atoms with Crippen LogP contribution >= 0.6 is 0 Å². The van der Waals surface area contributed by atoms with E-state index >= 15 is 0 Å². The summed E-state index contributed by atoms with van der Waals surface area (Å²) in [6.45, 7) is 0.402. The fraction of sp³-hybridized carbons (Fsp3) is 0.467. The van der Waals surface area contributed by atoms with Gasteiger partial charge in [0.1, 0.15) is 5.75 Å². The third-order valence-electron chi connectivity index (χ3n) is 3.13. The first kappa shape index (κ1) is 19.6. The fourth-order valence-corrected chi connectivity index (χ4v) is 1.76. The van der Waals surface area contributed by atoms with Crippen molar-refractivity contribution in [2.45, 2.75) is 25.6 Å². The number of halogens is 3. The van der Waals surface area contributed by atoms with Crippen LogP contribution in [0, 0.1) is 0 Å². The van der Waals surface area contributed by atoms with Gasteiger partial charge in [-0.15, -0.1) is 0 Å². The first-order chi connectivity index (χ1) is 11.1. The summed E-state index contributed by atoms with van der Waals surface area (Å²) in [6, 6.07) is 5.03. The number of ether oxygens (including phenoxy) is 1. The monoisotopic (exact) mass is 348 g/mol. The van der Waals surface area contributed by atoms with Crippen LogP contribution in [0.4, 0.5) is 18.0 Å². The number of rotatable bonds is 7. The van der Waals surface area contributed by atoms with Crippen molar-refractivity contribution >= 4 is 12.0 Å². The van der Waals surface area contributed by atoms with E-state index in [1.807, 2.05) is 0 Å². The van der Waals surface area contributed by atoms with Crippen LogP contribution in [0.1, 0.15) is 24.9 Å². The van der Waals surface area contributed by atoms with E-state index < -0.39 is 30.8 Å². The number of carboxylic acid groups (broad SMARTS) is 1. The highest BCUT2D eigenvalue weighted by Gasteiger charge is 2.28. The lowest BCUT2D eigenvalue weighted by Gasteiger charge is -2.21. The summed E-state index contributed by atoms with van der Waals surface area (Å²) in [7, 11) is 1.47. The Labute approximate surface area is 137 Å². The smallest absolute Gasteiger partial charge is 0.422 e. The Morgan fingerprint density at radius 2 is 1.88 bits per heavy atom. The zero-order chi connectivity index (χ0) is 18.3. The number of nitrogens with one attached hydrogen (secondary N) is 1. The summed E-state index contributed by atoms with van der Waals surface area (Å²) in [5.74, 6) is -0.926. The van der Waals surface area contributed by atoms with Crippen molar-refractivity contribution in [1.82, 2.24) is 10.2 Å². The average Bonchev–Trinajstić information content (AvgIpc) is 2.50. The van der Waals surface area contributed by atoms with Crippen LogP contribution < -0.4 is 10.1 Å². The molecule has 2 amide bonds. The Morgan fingerprint density at radius 3 is 2.38 bits per heavy atom. The van der Waals surface area contributed by atoms with Crippen molar-refractivity contribution in [3.63, 3.8) is 0 Å². The standard InChI is InChI=1S/C15H19F3N2O4/c1-10(19-14(23)20(2)8-7-13(21)22)11-3-5-12(6-4-11)24-9-15(16,17)18/h3-6,10H,7-9H2,1-2H3,(H,19,23)(H,21,22). The van der Waals surface area contributed by atoms with Gasteiger partial charge >= 0.3 is 18.2 Å². The molecule has 0 aliphatic rings. The Bertz CT molecular complexity index is 561. The third kappa shape index (κ3) is 7.21. The van der Waals surface area contributed by atoms with Crippen LogP contribution in [0.2, 0.25) is 0 Å². The van der Waals surface area contributed by atoms with E-state index in [2.05, 4.69) is 10.1 Å². The maximum atomic E-state index is 12.1. The Hall–Kier alpha value is -2.45. The molecular formula is C15H19F3N2O4.